The predicted octanol–water partition coefficient (Wildman–Crippen LogP) is 3.43. The summed E-state index contributed by atoms with van der Waals surface area (Å²) in [7, 11) is 0. The number of pyridine rings is 1. The SMILES string of the molecule is Cc1cc(CSc2nc3ccccc3c(=O)n2Cc2cccnc2)no1. The van der Waals surface area contributed by atoms with Crippen LogP contribution in [0, 0.1) is 6.92 Å². The summed E-state index contributed by atoms with van der Waals surface area (Å²) < 4.78 is 6.80. The Morgan fingerprint density at radius 1 is 1.19 bits per heavy atom. The van der Waals surface area contributed by atoms with Crippen molar-refractivity contribution in [2.75, 3.05) is 0 Å². The van der Waals surface area contributed by atoms with Crippen LogP contribution < -0.4 is 5.56 Å². The summed E-state index contributed by atoms with van der Waals surface area (Å²) in [5.74, 6) is 1.34. The molecule has 4 rings (SSSR count). The van der Waals surface area contributed by atoms with Gasteiger partial charge in [-0.3, -0.25) is 14.3 Å². The maximum absolute atomic E-state index is 13.0. The number of nitrogens with zero attached hydrogens (tertiary/aromatic N) is 4. The second-order valence-corrected chi connectivity index (χ2v) is 6.82. The normalized spacial score (nSPS) is 11.1. The molecule has 0 bridgehead atoms. The van der Waals surface area contributed by atoms with Crippen LogP contribution in [0.2, 0.25) is 0 Å². The molecule has 1 aromatic carbocycles. The highest BCUT2D eigenvalue weighted by Gasteiger charge is 2.13. The van der Waals surface area contributed by atoms with Crippen LogP contribution in [0.5, 0.6) is 0 Å². The zero-order valence-corrected chi connectivity index (χ0v) is 14.9. The van der Waals surface area contributed by atoms with E-state index in [0.717, 1.165) is 17.0 Å². The summed E-state index contributed by atoms with van der Waals surface area (Å²) in [6.45, 7) is 2.28. The van der Waals surface area contributed by atoms with Gasteiger partial charge in [0.25, 0.3) is 5.56 Å². The quantitative estimate of drug-likeness (QED) is 0.399. The molecule has 0 aliphatic rings. The molecule has 130 valence electrons. The van der Waals surface area contributed by atoms with E-state index in [1.54, 1.807) is 23.0 Å². The standard InChI is InChI=1S/C19H16N4O2S/c1-13-9-15(22-25-13)12-26-19-21-17-7-3-2-6-16(17)18(24)23(19)11-14-5-4-8-20-10-14/h2-10H,11-12H2,1H3. The van der Waals surface area contributed by atoms with Crippen LogP contribution in [-0.4, -0.2) is 19.7 Å². The van der Waals surface area contributed by atoms with Crippen molar-refractivity contribution in [2.45, 2.75) is 24.4 Å². The first kappa shape index (κ1) is 16.5. The molecule has 6 nitrogen and oxygen atoms in total. The monoisotopic (exact) mass is 364 g/mol. The Kier molecular flexibility index (Phi) is 4.53. The molecule has 0 saturated heterocycles. The van der Waals surface area contributed by atoms with E-state index in [-0.39, 0.29) is 5.56 Å². The molecule has 0 aliphatic heterocycles. The lowest BCUT2D eigenvalue weighted by atomic mass is 10.2. The maximum Gasteiger partial charge on any atom is 0.262 e. The van der Waals surface area contributed by atoms with Crippen LogP contribution >= 0.6 is 11.8 Å². The van der Waals surface area contributed by atoms with Crippen LogP contribution in [0.1, 0.15) is 17.0 Å². The first-order chi connectivity index (χ1) is 12.7. The topological polar surface area (TPSA) is 73.8 Å². The molecule has 0 unspecified atom stereocenters. The summed E-state index contributed by atoms with van der Waals surface area (Å²) in [6, 6.07) is 13.1. The molecule has 0 amide bonds. The highest BCUT2D eigenvalue weighted by molar-refractivity contribution is 7.98. The van der Waals surface area contributed by atoms with Crippen molar-refractivity contribution in [1.29, 1.82) is 0 Å². The largest absolute Gasteiger partial charge is 0.361 e. The Labute approximate surface area is 153 Å². The van der Waals surface area contributed by atoms with E-state index < -0.39 is 0 Å². The van der Waals surface area contributed by atoms with Crippen molar-refractivity contribution in [3.8, 4) is 0 Å². The van der Waals surface area contributed by atoms with Gasteiger partial charge in [0.2, 0.25) is 0 Å². The lowest BCUT2D eigenvalue weighted by Gasteiger charge is -2.12. The number of benzene rings is 1. The molecule has 0 fully saturated rings. The number of hydrogen-bond donors (Lipinski definition) is 0. The minimum atomic E-state index is -0.0571. The number of hydrogen-bond acceptors (Lipinski definition) is 6. The van der Waals surface area contributed by atoms with Crippen molar-refractivity contribution in [3.63, 3.8) is 0 Å². The Balaban J connectivity index is 1.75. The molecular weight excluding hydrogens is 348 g/mol. The molecular formula is C19H16N4O2S. The fourth-order valence-electron chi connectivity index (χ4n) is 2.70. The van der Waals surface area contributed by atoms with Gasteiger partial charge in [-0.25, -0.2) is 4.98 Å². The fourth-order valence-corrected chi connectivity index (χ4v) is 3.58. The van der Waals surface area contributed by atoms with Gasteiger partial charge in [-0.1, -0.05) is 35.1 Å². The zero-order valence-electron chi connectivity index (χ0n) is 14.1. The Morgan fingerprint density at radius 2 is 2.08 bits per heavy atom. The minimum absolute atomic E-state index is 0.0571. The molecule has 0 saturated carbocycles. The van der Waals surface area contributed by atoms with E-state index in [0.29, 0.717) is 28.4 Å². The van der Waals surface area contributed by atoms with Gasteiger partial charge >= 0.3 is 0 Å². The van der Waals surface area contributed by atoms with Crippen molar-refractivity contribution in [2.24, 2.45) is 0 Å². The highest BCUT2D eigenvalue weighted by atomic mass is 32.2. The third kappa shape index (κ3) is 3.39. The first-order valence-electron chi connectivity index (χ1n) is 8.14. The van der Waals surface area contributed by atoms with Gasteiger partial charge in [-0.05, 0) is 30.7 Å². The van der Waals surface area contributed by atoms with Gasteiger partial charge in [0.15, 0.2) is 5.16 Å². The second-order valence-electron chi connectivity index (χ2n) is 5.88. The van der Waals surface area contributed by atoms with E-state index in [1.165, 1.54) is 11.8 Å². The molecule has 0 N–H and O–H groups in total. The molecule has 0 spiro atoms. The van der Waals surface area contributed by atoms with E-state index in [1.807, 2.05) is 43.3 Å². The molecule has 0 atom stereocenters. The molecule has 3 heterocycles. The Bertz CT molecular complexity index is 1110. The van der Waals surface area contributed by atoms with Crippen LogP contribution in [0.15, 0.2) is 69.3 Å². The van der Waals surface area contributed by atoms with E-state index in [9.17, 15) is 4.79 Å². The second kappa shape index (κ2) is 7.13. The number of fused-ring (bicyclic) bond motifs is 1. The van der Waals surface area contributed by atoms with Crippen molar-refractivity contribution in [3.05, 3.63) is 82.2 Å². The lowest BCUT2D eigenvalue weighted by Crippen LogP contribution is -2.24. The molecule has 0 radical (unpaired) electrons. The zero-order chi connectivity index (χ0) is 17.9. The van der Waals surface area contributed by atoms with Crippen LogP contribution in [0.3, 0.4) is 0 Å². The van der Waals surface area contributed by atoms with Crippen molar-refractivity contribution in [1.82, 2.24) is 19.7 Å². The van der Waals surface area contributed by atoms with Crippen LogP contribution in [0.25, 0.3) is 10.9 Å². The van der Waals surface area contributed by atoms with Gasteiger partial charge in [0, 0.05) is 24.2 Å². The van der Waals surface area contributed by atoms with E-state index in [4.69, 9.17) is 9.51 Å². The lowest BCUT2D eigenvalue weighted by molar-refractivity contribution is 0.393. The highest BCUT2D eigenvalue weighted by Crippen LogP contribution is 2.22. The number of aromatic nitrogens is 4. The van der Waals surface area contributed by atoms with Gasteiger partial charge in [0.1, 0.15) is 5.76 Å². The Hall–Kier alpha value is -2.93. The van der Waals surface area contributed by atoms with Gasteiger partial charge in [-0.15, -0.1) is 0 Å². The minimum Gasteiger partial charge on any atom is -0.361 e. The average Bonchev–Trinajstić information content (AvgIpc) is 3.09. The summed E-state index contributed by atoms with van der Waals surface area (Å²) in [5.41, 5.74) is 2.41. The molecule has 0 aliphatic carbocycles. The molecule has 26 heavy (non-hydrogen) atoms. The van der Waals surface area contributed by atoms with Crippen molar-refractivity contribution >= 4 is 22.7 Å². The third-order valence-corrected chi connectivity index (χ3v) is 4.93. The summed E-state index contributed by atoms with van der Waals surface area (Å²) in [6.07, 6.45) is 3.48. The Morgan fingerprint density at radius 3 is 2.85 bits per heavy atom. The maximum atomic E-state index is 13.0. The van der Waals surface area contributed by atoms with Crippen LogP contribution in [0.4, 0.5) is 0 Å². The average molecular weight is 364 g/mol. The van der Waals surface area contributed by atoms with Crippen molar-refractivity contribution < 1.29 is 4.52 Å². The third-order valence-electron chi connectivity index (χ3n) is 3.92. The van der Waals surface area contributed by atoms with Gasteiger partial charge < -0.3 is 4.52 Å². The first-order valence-corrected chi connectivity index (χ1v) is 9.13. The number of para-hydroxylation sites is 1. The summed E-state index contributed by atoms with van der Waals surface area (Å²) in [5, 5.41) is 5.27. The number of rotatable bonds is 5. The smallest absolute Gasteiger partial charge is 0.262 e. The predicted molar refractivity (Wildman–Crippen MR) is 100 cm³/mol. The molecule has 3 aromatic heterocycles. The number of thioether (sulfide) groups is 1. The van der Waals surface area contributed by atoms with Gasteiger partial charge in [-0.2, -0.15) is 0 Å². The summed E-state index contributed by atoms with van der Waals surface area (Å²) >= 11 is 1.47. The molecule has 7 heteroatoms. The summed E-state index contributed by atoms with van der Waals surface area (Å²) in [4.78, 5) is 21.9. The van der Waals surface area contributed by atoms with E-state index >= 15 is 0 Å². The molecule has 4 aromatic rings. The number of aryl methyl sites for hydroxylation is 1. The fraction of sp³-hybridized carbons (Fsp3) is 0.158. The van der Waals surface area contributed by atoms with Gasteiger partial charge in [0.05, 0.1) is 23.1 Å². The van der Waals surface area contributed by atoms with E-state index in [2.05, 4.69) is 10.1 Å². The van der Waals surface area contributed by atoms with Crippen LogP contribution in [-0.2, 0) is 12.3 Å².